The molecule has 9 heteroatoms. The second-order valence-corrected chi connectivity index (χ2v) is 6.11. The number of hydrogen-bond donors (Lipinski definition) is 2. The van der Waals surface area contributed by atoms with E-state index in [-0.39, 0.29) is 29.8 Å². The summed E-state index contributed by atoms with van der Waals surface area (Å²) in [6, 6.07) is 5.14. The molecule has 0 bridgehead atoms. The molecule has 0 aliphatic heterocycles. The lowest BCUT2D eigenvalue weighted by Crippen LogP contribution is -2.37. The fourth-order valence-corrected chi connectivity index (χ4v) is 2.44. The molecule has 0 radical (unpaired) electrons. The molecule has 138 valence electrons. The lowest BCUT2D eigenvalue weighted by molar-refractivity contribution is 0.387. The SMILES string of the molecule is CCNC(=NCc1noc(C)n1)NCCCc1ccc(Br)cc1F.I. The Balaban J connectivity index is 0.00000312. The summed E-state index contributed by atoms with van der Waals surface area (Å²) in [6.07, 6.45) is 1.46. The van der Waals surface area contributed by atoms with Gasteiger partial charge in [0.05, 0.1) is 0 Å². The van der Waals surface area contributed by atoms with Gasteiger partial charge in [0.25, 0.3) is 0 Å². The minimum Gasteiger partial charge on any atom is -0.357 e. The van der Waals surface area contributed by atoms with Gasteiger partial charge >= 0.3 is 0 Å². The van der Waals surface area contributed by atoms with Gasteiger partial charge in [-0.15, -0.1) is 24.0 Å². The fraction of sp³-hybridized carbons (Fsp3) is 0.438. The first-order valence-corrected chi connectivity index (χ1v) is 8.63. The van der Waals surface area contributed by atoms with Gasteiger partial charge in [-0.3, -0.25) is 0 Å². The maximum Gasteiger partial charge on any atom is 0.223 e. The van der Waals surface area contributed by atoms with Crippen LogP contribution in [0.1, 0.15) is 30.6 Å². The Morgan fingerprint density at radius 3 is 2.80 bits per heavy atom. The monoisotopic (exact) mass is 525 g/mol. The van der Waals surface area contributed by atoms with Gasteiger partial charge in [-0.2, -0.15) is 4.98 Å². The number of nitrogens with one attached hydrogen (secondary N) is 2. The standard InChI is InChI=1S/C16H21BrFN5O.HI/c1-3-19-16(21-10-15-22-11(2)24-23-15)20-8-4-5-12-6-7-13(17)9-14(12)18;/h6-7,9H,3-5,8,10H2,1-2H3,(H2,19,20,21);1H. The number of benzene rings is 1. The number of guanidine groups is 1. The van der Waals surface area contributed by atoms with Crippen molar-refractivity contribution in [1.29, 1.82) is 0 Å². The Hall–Kier alpha value is -1.23. The molecule has 0 amide bonds. The number of aliphatic imine (C=N–C) groups is 1. The first-order valence-electron chi connectivity index (χ1n) is 7.83. The molecule has 0 unspecified atom stereocenters. The molecular weight excluding hydrogens is 504 g/mol. The van der Waals surface area contributed by atoms with E-state index in [9.17, 15) is 4.39 Å². The van der Waals surface area contributed by atoms with Crippen LogP contribution in [0.2, 0.25) is 0 Å². The maximum absolute atomic E-state index is 13.8. The number of hydrogen-bond acceptors (Lipinski definition) is 4. The van der Waals surface area contributed by atoms with E-state index >= 15 is 0 Å². The van der Waals surface area contributed by atoms with Gasteiger partial charge in [0.1, 0.15) is 12.4 Å². The maximum atomic E-state index is 13.8. The molecule has 1 aromatic carbocycles. The van der Waals surface area contributed by atoms with E-state index in [0.29, 0.717) is 42.7 Å². The van der Waals surface area contributed by atoms with Crippen LogP contribution in [-0.2, 0) is 13.0 Å². The van der Waals surface area contributed by atoms with Crippen LogP contribution in [0.15, 0.2) is 32.2 Å². The number of halogens is 3. The molecule has 0 aliphatic rings. The molecule has 1 aromatic heterocycles. The van der Waals surface area contributed by atoms with E-state index in [2.05, 4.69) is 41.7 Å². The molecule has 1 heterocycles. The second-order valence-electron chi connectivity index (χ2n) is 5.19. The van der Waals surface area contributed by atoms with Crippen molar-refractivity contribution in [2.75, 3.05) is 13.1 Å². The molecule has 2 rings (SSSR count). The average molecular weight is 526 g/mol. The van der Waals surface area contributed by atoms with Gasteiger partial charge < -0.3 is 15.2 Å². The molecule has 0 spiro atoms. The predicted molar refractivity (Wildman–Crippen MR) is 110 cm³/mol. The quantitative estimate of drug-likeness (QED) is 0.250. The Bertz CT molecular complexity index is 695. The minimum absolute atomic E-state index is 0. The summed E-state index contributed by atoms with van der Waals surface area (Å²) in [5, 5.41) is 10.2. The molecular formula is C16H22BrFIN5O. The van der Waals surface area contributed by atoms with E-state index in [1.165, 1.54) is 6.07 Å². The average Bonchev–Trinajstić information content (AvgIpc) is 2.96. The number of aromatic nitrogens is 2. The smallest absolute Gasteiger partial charge is 0.223 e. The van der Waals surface area contributed by atoms with Crippen molar-refractivity contribution in [3.63, 3.8) is 0 Å². The molecule has 0 saturated heterocycles. The van der Waals surface area contributed by atoms with Gasteiger partial charge in [-0.25, -0.2) is 9.38 Å². The van der Waals surface area contributed by atoms with Crippen LogP contribution in [-0.4, -0.2) is 29.2 Å². The highest BCUT2D eigenvalue weighted by atomic mass is 127. The summed E-state index contributed by atoms with van der Waals surface area (Å²) >= 11 is 3.26. The summed E-state index contributed by atoms with van der Waals surface area (Å²) in [6.45, 7) is 5.51. The van der Waals surface area contributed by atoms with Gasteiger partial charge in [-0.1, -0.05) is 27.2 Å². The summed E-state index contributed by atoms with van der Waals surface area (Å²) < 4.78 is 19.4. The molecule has 0 atom stereocenters. The fourth-order valence-electron chi connectivity index (χ4n) is 2.11. The number of aryl methyl sites for hydroxylation is 2. The third-order valence-corrected chi connectivity index (χ3v) is 3.72. The van der Waals surface area contributed by atoms with Crippen LogP contribution in [0.4, 0.5) is 4.39 Å². The van der Waals surface area contributed by atoms with Crippen molar-refractivity contribution in [2.24, 2.45) is 4.99 Å². The Kier molecular flexibility index (Phi) is 9.94. The summed E-state index contributed by atoms with van der Waals surface area (Å²) in [4.78, 5) is 8.51. The van der Waals surface area contributed by atoms with Crippen molar-refractivity contribution in [3.05, 3.63) is 45.8 Å². The highest BCUT2D eigenvalue weighted by Gasteiger charge is 2.04. The third-order valence-electron chi connectivity index (χ3n) is 3.22. The summed E-state index contributed by atoms with van der Waals surface area (Å²) in [5.74, 6) is 1.56. The molecule has 25 heavy (non-hydrogen) atoms. The summed E-state index contributed by atoms with van der Waals surface area (Å²) in [5.41, 5.74) is 0.712. The van der Waals surface area contributed by atoms with Crippen molar-refractivity contribution in [1.82, 2.24) is 20.8 Å². The lowest BCUT2D eigenvalue weighted by atomic mass is 10.1. The zero-order chi connectivity index (χ0) is 17.4. The first kappa shape index (κ1) is 21.8. The minimum atomic E-state index is -0.183. The van der Waals surface area contributed by atoms with Crippen molar-refractivity contribution >= 4 is 45.9 Å². The van der Waals surface area contributed by atoms with Crippen LogP contribution >= 0.6 is 39.9 Å². The van der Waals surface area contributed by atoms with E-state index in [0.717, 1.165) is 17.4 Å². The van der Waals surface area contributed by atoms with Gasteiger partial charge in [-0.05, 0) is 37.5 Å². The highest BCUT2D eigenvalue weighted by Crippen LogP contribution is 2.16. The molecule has 2 N–H and O–H groups in total. The van der Waals surface area contributed by atoms with Crippen LogP contribution in [0.5, 0.6) is 0 Å². The van der Waals surface area contributed by atoms with Gasteiger partial charge in [0, 0.05) is 24.5 Å². The molecule has 0 fully saturated rings. The van der Waals surface area contributed by atoms with Gasteiger partial charge in [0.15, 0.2) is 11.8 Å². The highest BCUT2D eigenvalue weighted by molar-refractivity contribution is 14.0. The molecule has 0 aliphatic carbocycles. The number of nitrogens with zero attached hydrogens (tertiary/aromatic N) is 3. The number of rotatable bonds is 7. The molecule has 2 aromatic rings. The zero-order valence-corrected chi connectivity index (χ0v) is 18.1. The van der Waals surface area contributed by atoms with Crippen LogP contribution < -0.4 is 10.6 Å². The normalized spacial score (nSPS) is 11.1. The van der Waals surface area contributed by atoms with E-state index in [1.54, 1.807) is 13.0 Å². The Morgan fingerprint density at radius 1 is 1.36 bits per heavy atom. The third kappa shape index (κ3) is 7.68. The zero-order valence-electron chi connectivity index (χ0n) is 14.2. The van der Waals surface area contributed by atoms with Crippen LogP contribution in [0, 0.1) is 12.7 Å². The summed E-state index contributed by atoms with van der Waals surface area (Å²) in [7, 11) is 0. The van der Waals surface area contributed by atoms with E-state index < -0.39 is 0 Å². The largest absolute Gasteiger partial charge is 0.357 e. The van der Waals surface area contributed by atoms with Crippen molar-refractivity contribution in [2.45, 2.75) is 33.2 Å². The molecule has 6 nitrogen and oxygen atoms in total. The van der Waals surface area contributed by atoms with Crippen LogP contribution in [0.25, 0.3) is 0 Å². The van der Waals surface area contributed by atoms with Crippen molar-refractivity contribution in [3.8, 4) is 0 Å². The van der Waals surface area contributed by atoms with Gasteiger partial charge in [0.2, 0.25) is 5.89 Å². The second kappa shape index (κ2) is 11.4. The Labute approximate surface area is 172 Å². The van der Waals surface area contributed by atoms with Crippen molar-refractivity contribution < 1.29 is 8.91 Å². The topological polar surface area (TPSA) is 75.3 Å². The van der Waals surface area contributed by atoms with E-state index in [4.69, 9.17) is 4.52 Å². The Morgan fingerprint density at radius 2 is 2.16 bits per heavy atom. The molecule has 0 saturated carbocycles. The van der Waals surface area contributed by atoms with E-state index in [1.807, 2.05) is 13.0 Å². The lowest BCUT2D eigenvalue weighted by Gasteiger charge is -2.11. The first-order chi connectivity index (χ1) is 11.6. The predicted octanol–water partition coefficient (Wildman–Crippen LogP) is 3.59. The van der Waals surface area contributed by atoms with Crippen LogP contribution in [0.3, 0.4) is 0 Å².